The number of hydrogen-bond donors (Lipinski definition) is 1. The molecular weight excluding hydrogens is 254 g/mol. The van der Waals surface area contributed by atoms with Crippen molar-refractivity contribution in [2.45, 2.75) is 25.8 Å². The SMILES string of the molecule is CN1CCN(CCNCc2cc3c(s2)CCC3)CC1. The van der Waals surface area contributed by atoms with Crippen LogP contribution in [-0.4, -0.2) is 56.1 Å². The van der Waals surface area contributed by atoms with Crippen molar-refractivity contribution in [3.63, 3.8) is 0 Å². The lowest BCUT2D eigenvalue weighted by molar-refractivity contribution is 0.154. The number of likely N-dealkylation sites (N-methyl/N-ethyl adjacent to an activating group) is 1. The minimum Gasteiger partial charge on any atom is -0.311 e. The van der Waals surface area contributed by atoms with Crippen LogP contribution in [0.4, 0.5) is 0 Å². The van der Waals surface area contributed by atoms with Crippen LogP contribution in [0.5, 0.6) is 0 Å². The Labute approximate surface area is 120 Å². The van der Waals surface area contributed by atoms with Gasteiger partial charge in [0, 0.05) is 55.6 Å². The van der Waals surface area contributed by atoms with Crippen LogP contribution in [0.3, 0.4) is 0 Å². The lowest BCUT2D eigenvalue weighted by Gasteiger charge is -2.32. The second kappa shape index (κ2) is 6.35. The van der Waals surface area contributed by atoms with Gasteiger partial charge in [0.2, 0.25) is 0 Å². The summed E-state index contributed by atoms with van der Waals surface area (Å²) < 4.78 is 0. The molecule has 1 fully saturated rings. The van der Waals surface area contributed by atoms with E-state index in [0.717, 1.165) is 13.1 Å². The molecule has 0 amide bonds. The van der Waals surface area contributed by atoms with Crippen molar-refractivity contribution < 1.29 is 0 Å². The van der Waals surface area contributed by atoms with Gasteiger partial charge in [-0.2, -0.15) is 0 Å². The zero-order valence-corrected chi connectivity index (χ0v) is 12.8. The van der Waals surface area contributed by atoms with Gasteiger partial charge < -0.3 is 10.2 Å². The molecule has 0 saturated carbocycles. The Balaban J connectivity index is 1.34. The van der Waals surface area contributed by atoms with E-state index in [9.17, 15) is 0 Å². The molecule has 0 aromatic carbocycles. The van der Waals surface area contributed by atoms with Gasteiger partial charge in [-0.3, -0.25) is 4.90 Å². The molecule has 4 heteroatoms. The summed E-state index contributed by atoms with van der Waals surface area (Å²) in [4.78, 5) is 8.16. The second-order valence-corrected chi connectivity index (χ2v) is 7.06. The topological polar surface area (TPSA) is 18.5 Å². The van der Waals surface area contributed by atoms with Crippen LogP contribution in [0.2, 0.25) is 0 Å². The molecule has 0 spiro atoms. The maximum atomic E-state index is 3.60. The van der Waals surface area contributed by atoms with Crippen LogP contribution in [-0.2, 0) is 19.4 Å². The Bertz CT molecular complexity index is 386. The zero-order valence-electron chi connectivity index (χ0n) is 12.0. The van der Waals surface area contributed by atoms with Gasteiger partial charge in [-0.1, -0.05) is 0 Å². The van der Waals surface area contributed by atoms with E-state index < -0.39 is 0 Å². The number of thiophene rings is 1. The average Bonchev–Trinajstić information content (AvgIpc) is 2.97. The van der Waals surface area contributed by atoms with E-state index in [-0.39, 0.29) is 0 Å². The fraction of sp³-hybridized carbons (Fsp3) is 0.733. The second-order valence-electron chi connectivity index (χ2n) is 5.84. The molecule has 2 aliphatic rings. The van der Waals surface area contributed by atoms with E-state index in [2.05, 4.69) is 28.2 Å². The largest absolute Gasteiger partial charge is 0.311 e. The molecule has 0 unspecified atom stereocenters. The average molecular weight is 279 g/mol. The Hall–Kier alpha value is -0.420. The van der Waals surface area contributed by atoms with Crippen molar-refractivity contribution in [3.05, 3.63) is 21.4 Å². The summed E-state index contributed by atoms with van der Waals surface area (Å²) in [6.45, 7) is 8.27. The Morgan fingerprint density at radius 3 is 2.84 bits per heavy atom. The molecule has 1 aliphatic carbocycles. The molecule has 2 heterocycles. The monoisotopic (exact) mass is 279 g/mol. The fourth-order valence-electron chi connectivity index (χ4n) is 3.00. The van der Waals surface area contributed by atoms with Gasteiger partial charge in [0.15, 0.2) is 0 Å². The minimum absolute atomic E-state index is 1.06. The van der Waals surface area contributed by atoms with Crippen molar-refractivity contribution in [1.29, 1.82) is 0 Å². The summed E-state index contributed by atoms with van der Waals surface area (Å²) in [6.07, 6.45) is 4.01. The molecule has 106 valence electrons. The van der Waals surface area contributed by atoms with E-state index in [1.165, 1.54) is 56.9 Å². The molecule has 1 aliphatic heterocycles. The summed E-state index contributed by atoms with van der Waals surface area (Å²) in [5.74, 6) is 0. The Kier molecular flexibility index (Phi) is 4.53. The zero-order chi connectivity index (χ0) is 13.1. The molecule has 19 heavy (non-hydrogen) atoms. The molecular formula is C15H25N3S. The van der Waals surface area contributed by atoms with Gasteiger partial charge in [0.25, 0.3) is 0 Å². The molecule has 0 atom stereocenters. The lowest BCUT2D eigenvalue weighted by atomic mass is 10.2. The maximum absolute atomic E-state index is 3.60. The summed E-state index contributed by atoms with van der Waals surface area (Å²) in [5.41, 5.74) is 1.63. The van der Waals surface area contributed by atoms with Gasteiger partial charge in [-0.05, 0) is 37.9 Å². The van der Waals surface area contributed by atoms with Crippen LogP contribution in [0, 0.1) is 0 Å². The predicted octanol–water partition coefficient (Wildman–Crippen LogP) is 1.57. The molecule has 1 aromatic heterocycles. The van der Waals surface area contributed by atoms with Gasteiger partial charge in [-0.15, -0.1) is 11.3 Å². The highest BCUT2D eigenvalue weighted by molar-refractivity contribution is 7.12. The number of aryl methyl sites for hydroxylation is 2. The molecule has 1 aromatic rings. The van der Waals surface area contributed by atoms with Gasteiger partial charge in [0.1, 0.15) is 0 Å². The molecule has 0 radical (unpaired) electrons. The van der Waals surface area contributed by atoms with E-state index in [1.807, 2.05) is 11.3 Å². The molecule has 1 N–H and O–H groups in total. The van der Waals surface area contributed by atoms with Crippen molar-refractivity contribution in [2.24, 2.45) is 0 Å². The first-order valence-corrected chi connectivity index (χ1v) is 8.35. The predicted molar refractivity (Wildman–Crippen MR) is 82.0 cm³/mol. The Morgan fingerprint density at radius 1 is 1.21 bits per heavy atom. The highest BCUT2D eigenvalue weighted by Crippen LogP contribution is 2.30. The summed E-state index contributed by atoms with van der Waals surface area (Å²) >= 11 is 2.03. The first-order chi connectivity index (χ1) is 9.31. The first-order valence-electron chi connectivity index (χ1n) is 7.53. The Morgan fingerprint density at radius 2 is 2.05 bits per heavy atom. The van der Waals surface area contributed by atoms with Crippen molar-refractivity contribution >= 4 is 11.3 Å². The summed E-state index contributed by atoms with van der Waals surface area (Å²) in [7, 11) is 2.21. The van der Waals surface area contributed by atoms with E-state index >= 15 is 0 Å². The highest BCUT2D eigenvalue weighted by atomic mass is 32.1. The standard InChI is InChI=1S/C15H25N3S/c1-17-7-9-18(10-8-17)6-5-16-12-14-11-13-3-2-4-15(13)19-14/h11,16H,2-10,12H2,1H3. The summed E-state index contributed by atoms with van der Waals surface area (Å²) in [6, 6.07) is 2.43. The number of hydrogen-bond acceptors (Lipinski definition) is 4. The van der Waals surface area contributed by atoms with E-state index in [0.29, 0.717) is 0 Å². The van der Waals surface area contributed by atoms with E-state index in [1.54, 1.807) is 10.4 Å². The minimum atomic E-state index is 1.06. The normalized spacial score (nSPS) is 20.9. The van der Waals surface area contributed by atoms with Crippen molar-refractivity contribution in [2.75, 3.05) is 46.3 Å². The number of piperazine rings is 1. The summed E-state index contributed by atoms with van der Waals surface area (Å²) in [5, 5.41) is 3.60. The smallest absolute Gasteiger partial charge is 0.0300 e. The third-order valence-electron chi connectivity index (χ3n) is 4.30. The maximum Gasteiger partial charge on any atom is 0.0300 e. The van der Waals surface area contributed by atoms with Crippen LogP contribution < -0.4 is 5.32 Å². The third-order valence-corrected chi connectivity index (χ3v) is 5.53. The number of nitrogens with zero attached hydrogens (tertiary/aromatic N) is 2. The number of nitrogens with one attached hydrogen (secondary N) is 1. The highest BCUT2D eigenvalue weighted by Gasteiger charge is 2.15. The van der Waals surface area contributed by atoms with Gasteiger partial charge >= 0.3 is 0 Å². The van der Waals surface area contributed by atoms with Crippen LogP contribution >= 0.6 is 11.3 Å². The fourth-order valence-corrected chi connectivity index (χ4v) is 4.23. The molecule has 1 saturated heterocycles. The number of fused-ring (bicyclic) bond motifs is 1. The van der Waals surface area contributed by atoms with Crippen molar-refractivity contribution in [3.8, 4) is 0 Å². The molecule has 3 nitrogen and oxygen atoms in total. The van der Waals surface area contributed by atoms with Crippen LogP contribution in [0.1, 0.15) is 21.7 Å². The quantitative estimate of drug-likeness (QED) is 0.826. The number of rotatable bonds is 5. The van der Waals surface area contributed by atoms with Crippen molar-refractivity contribution in [1.82, 2.24) is 15.1 Å². The van der Waals surface area contributed by atoms with Gasteiger partial charge in [0.05, 0.1) is 0 Å². The lowest BCUT2D eigenvalue weighted by Crippen LogP contribution is -2.46. The molecule has 0 bridgehead atoms. The van der Waals surface area contributed by atoms with Crippen LogP contribution in [0.15, 0.2) is 6.07 Å². The third kappa shape index (κ3) is 3.57. The van der Waals surface area contributed by atoms with E-state index in [4.69, 9.17) is 0 Å². The first kappa shape index (κ1) is 13.6. The molecule has 3 rings (SSSR count). The van der Waals surface area contributed by atoms with Crippen LogP contribution in [0.25, 0.3) is 0 Å². The van der Waals surface area contributed by atoms with Gasteiger partial charge in [-0.25, -0.2) is 0 Å².